The van der Waals surface area contributed by atoms with Gasteiger partial charge >= 0.3 is 0 Å². The molecular weight excluding hydrogens is 396 g/mol. The fourth-order valence-electron chi connectivity index (χ4n) is 2.75. The molecule has 148 valence electrons. The molecule has 0 atom stereocenters. The second kappa shape index (κ2) is 9.37. The smallest absolute Gasteiger partial charge is 0.279 e. The van der Waals surface area contributed by atoms with E-state index in [4.69, 9.17) is 21.1 Å². The normalized spacial score (nSPS) is 12.1. The van der Waals surface area contributed by atoms with Gasteiger partial charge in [0.25, 0.3) is 5.91 Å². The molecule has 0 aliphatic heterocycles. The maximum Gasteiger partial charge on any atom is 0.279 e. The highest BCUT2D eigenvalue weighted by Crippen LogP contribution is 2.22. The number of rotatable bonds is 7. The van der Waals surface area contributed by atoms with Gasteiger partial charge in [0.15, 0.2) is 4.80 Å². The van der Waals surface area contributed by atoms with Crippen molar-refractivity contribution in [2.24, 2.45) is 4.99 Å². The standard InChI is InChI=1S/C21H23ClN2O3S/c1-4-26-12-11-24-18-10-7-16(22)13-19(18)28-21(24)23-20(25)15-5-8-17(9-6-15)27-14(2)3/h5-10,13-14H,4,11-12H2,1-3H3. The molecular formula is C21H23ClN2O3S. The summed E-state index contributed by atoms with van der Waals surface area (Å²) in [6.07, 6.45) is 0.0842. The molecule has 0 saturated carbocycles. The van der Waals surface area contributed by atoms with Gasteiger partial charge in [-0.2, -0.15) is 4.99 Å². The van der Waals surface area contributed by atoms with Crippen molar-refractivity contribution in [1.29, 1.82) is 0 Å². The molecule has 2 aromatic carbocycles. The average Bonchev–Trinajstić information content (AvgIpc) is 2.98. The van der Waals surface area contributed by atoms with E-state index in [1.165, 1.54) is 11.3 Å². The summed E-state index contributed by atoms with van der Waals surface area (Å²) < 4.78 is 14.1. The molecule has 28 heavy (non-hydrogen) atoms. The van der Waals surface area contributed by atoms with Crippen LogP contribution in [0.4, 0.5) is 0 Å². The van der Waals surface area contributed by atoms with Gasteiger partial charge in [-0.3, -0.25) is 4.79 Å². The van der Waals surface area contributed by atoms with E-state index in [1.807, 2.05) is 43.5 Å². The Bertz CT molecular complexity index is 1020. The van der Waals surface area contributed by atoms with Crippen molar-refractivity contribution in [2.75, 3.05) is 13.2 Å². The largest absolute Gasteiger partial charge is 0.491 e. The van der Waals surface area contributed by atoms with Gasteiger partial charge in [-0.1, -0.05) is 22.9 Å². The lowest BCUT2D eigenvalue weighted by Crippen LogP contribution is -2.19. The van der Waals surface area contributed by atoms with Gasteiger partial charge in [0.2, 0.25) is 0 Å². The summed E-state index contributed by atoms with van der Waals surface area (Å²) in [4.78, 5) is 17.7. The Morgan fingerprint density at radius 1 is 1.21 bits per heavy atom. The van der Waals surface area contributed by atoms with Crippen LogP contribution in [-0.2, 0) is 11.3 Å². The predicted octanol–water partition coefficient (Wildman–Crippen LogP) is 4.92. The minimum absolute atomic E-state index is 0.0842. The number of hydrogen-bond acceptors (Lipinski definition) is 4. The molecule has 0 spiro atoms. The molecule has 1 heterocycles. The number of aromatic nitrogens is 1. The van der Waals surface area contributed by atoms with Crippen LogP contribution in [0.25, 0.3) is 10.2 Å². The number of benzene rings is 2. The lowest BCUT2D eigenvalue weighted by atomic mass is 10.2. The van der Waals surface area contributed by atoms with Crippen LogP contribution in [0.15, 0.2) is 47.5 Å². The first-order valence-electron chi connectivity index (χ1n) is 9.20. The number of halogens is 1. The number of ether oxygens (including phenoxy) is 2. The molecule has 0 aliphatic rings. The van der Waals surface area contributed by atoms with Crippen LogP contribution < -0.4 is 9.54 Å². The zero-order valence-corrected chi connectivity index (χ0v) is 17.7. The third-order valence-corrected chi connectivity index (χ3v) is 5.25. The maximum atomic E-state index is 12.7. The number of nitrogens with zero attached hydrogens (tertiary/aromatic N) is 2. The summed E-state index contributed by atoms with van der Waals surface area (Å²) in [7, 11) is 0. The van der Waals surface area contributed by atoms with Crippen LogP contribution in [0.3, 0.4) is 0 Å². The van der Waals surface area contributed by atoms with Crippen molar-refractivity contribution < 1.29 is 14.3 Å². The summed E-state index contributed by atoms with van der Waals surface area (Å²) in [5, 5.41) is 0.657. The molecule has 0 fully saturated rings. The van der Waals surface area contributed by atoms with E-state index in [2.05, 4.69) is 4.99 Å². The first-order valence-corrected chi connectivity index (χ1v) is 10.4. The molecule has 1 amide bonds. The minimum Gasteiger partial charge on any atom is -0.491 e. The van der Waals surface area contributed by atoms with E-state index in [0.29, 0.717) is 35.1 Å². The third kappa shape index (κ3) is 5.01. The van der Waals surface area contributed by atoms with Crippen molar-refractivity contribution in [2.45, 2.75) is 33.4 Å². The van der Waals surface area contributed by atoms with Crippen LogP contribution in [-0.4, -0.2) is 29.8 Å². The van der Waals surface area contributed by atoms with E-state index in [9.17, 15) is 4.79 Å². The van der Waals surface area contributed by atoms with E-state index in [1.54, 1.807) is 24.3 Å². The first kappa shape index (κ1) is 20.6. The number of amides is 1. The molecule has 5 nitrogen and oxygen atoms in total. The van der Waals surface area contributed by atoms with Gasteiger partial charge in [0, 0.05) is 23.7 Å². The Labute approximate surface area is 173 Å². The Morgan fingerprint density at radius 2 is 1.96 bits per heavy atom. The monoisotopic (exact) mass is 418 g/mol. The molecule has 0 bridgehead atoms. The molecule has 0 aliphatic carbocycles. The lowest BCUT2D eigenvalue weighted by Gasteiger charge is -2.09. The van der Waals surface area contributed by atoms with Gasteiger partial charge in [0.05, 0.1) is 22.9 Å². The van der Waals surface area contributed by atoms with Crippen molar-refractivity contribution >= 4 is 39.1 Å². The van der Waals surface area contributed by atoms with Crippen molar-refractivity contribution in [1.82, 2.24) is 4.57 Å². The van der Waals surface area contributed by atoms with Gasteiger partial charge in [-0.15, -0.1) is 0 Å². The molecule has 0 N–H and O–H groups in total. The fourth-order valence-corrected chi connectivity index (χ4v) is 4.08. The Morgan fingerprint density at radius 3 is 2.64 bits per heavy atom. The van der Waals surface area contributed by atoms with Crippen molar-refractivity contribution in [3.63, 3.8) is 0 Å². The van der Waals surface area contributed by atoms with Crippen LogP contribution in [0.2, 0.25) is 5.02 Å². The molecule has 7 heteroatoms. The second-order valence-electron chi connectivity index (χ2n) is 6.45. The van der Waals surface area contributed by atoms with Crippen LogP contribution >= 0.6 is 22.9 Å². The SMILES string of the molecule is CCOCCn1c(=NC(=O)c2ccc(OC(C)C)cc2)sc2cc(Cl)ccc21. The zero-order valence-electron chi connectivity index (χ0n) is 16.1. The summed E-state index contributed by atoms with van der Waals surface area (Å²) in [6, 6.07) is 12.7. The van der Waals surface area contributed by atoms with Crippen molar-refractivity contribution in [3.8, 4) is 5.75 Å². The molecule has 3 rings (SSSR count). The molecule has 0 unspecified atom stereocenters. The Hall–Kier alpha value is -2.15. The van der Waals surface area contributed by atoms with Crippen molar-refractivity contribution in [3.05, 3.63) is 57.9 Å². The molecule has 1 aromatic heterocycles. The minimum atomic E-state index is -0.293. The average molecular weight is 419 g/mol. The number of hydrogen-bond donors (Lipinski definition) is 0. The topological polar surface area (TPSA) is 52.8 Å². The molecule has 0 radical (unpaired) electrons. The van der Waals surface area contributed by atoms with Gasteiger partial charge < -0.3 is 14.0 Å². The number of thiazole rings is 1. The van der Waals surface area contributed by atoms with Crippen LogP contribution in [0.5, 0.6) is 5.75 Å². The highest BCUT2D eigenvalue weighted by molar-refractivity contribution is 7.16. The number of fused-ring (bicyclic) bond motifs is 1. The van der Waals surface area contributed by atoms with Gasteiger partial charge in [0.1, 0.15) is 5.75 Å². The fraction of sp³-hybridized carbons (Fsp3) is 0.333. The maximum absolute atomic E-state index is 12.7. The quantitative estimate of drug-likeness (QED) is 0.511. The number of carbonyl (C=O) groups excluding carboxylic acids is 1. The molecule has 0 saturated heterocycles. The second-order valence-corrected chi connectivity index (χ2v) is 7.90. The summed E-state index contributed by atoms with van der Waals surface area (Å²) in [5.74, 6) is 0.439. The third-order valence-electron chi connectivity index (χ3n) is 3.98. The van der Waals surface area contributed by atoms with E-state index < -0.39 is 0 Å². The Kier molecular flexibility index (Phi) is 6.88. The summed E-state index contributed by atoms with van der Waals surface area (Å²) in [5.41, 5.74) is 1.50. The highest BCUT2D eigenvalue weighted by Gasteiger charge is 2.10. The van der Waals surface area contributed by atoms with Gasteiger partial charge in [-0.25, -0.2) is 0 Å². The summed E-state index contributed by atoms with van der Waals surface area (Å²) >= 11 is 7.56. The molecule has 3 aromatic rings. The van der Waals surface area contributed by atoms with Crippen LogP contribution in [0.1, 0.15) is 31.1 Å². The predicted molar refractivity (Wildman–Crippen MR) is 113 cm³/mol. The van der Waals surface area contributed by atoms with Crippen LogP contribution in [0, 0.1) is 0 Å². The first-order chi connectivity index (χ1) is 13.5. The summed E-state index contributed by atoms with van der Waals surface area (Å²) in [6.45, 7) is 7.69. The Balaban J connectivity index is 1.95. The van der Waals surface area contributed by atoms with Gasteiger partial charge in [-0.05, 0) is 63.2 Å². The van der Waals surface area contributed by atoms with E-state index >= 15 is 0 Å². The zero-order chi connectivity index (χ0) is 20.1. The van der Waals surface area contributed by atoms with E-state index in [-0.39, 0.29) is 12.0 Å². The lowest BCUT2D eigenvalue weighted by molar-refractivity contribution is 0.0996. The highest BCUT2D eigenvalue weighted by atomic mass is 35.5. The number of carbonyl (C=O) groups is 1. The van der Waals surface area contributed by atoms with E-state index in [0.717, 1.165) is 16.0 Å².